The van der Waals surface area contributed by atoms with Crippen molar-refractivity contribution in [2.24, 2.45) is 0 Å². The first-order valence-electron chi connectivity index (χ1n) is 6.93. The number of carboxylic acids is 1. The van der Waals surface area contributed by atoms with Crippen molar-refractivity contribution >= 4 is 5.97 Å². The highest BCUT2D eigenvalue weighted by molar-refractivity contribution is 5.70. The van der Waals surface area contributed by atoms with Crippen molar-refractivity contribution in [2.75, 3.05) is 0 Å². The molecule has 0 saturated heterocycles. The van der Waals surface area contributed by atoms with Crippen LogP contribution in [0.25, 0.3) is 0 Å². The molecule has 2 aromatic rings. The van der Waals surface area contributed by atoms with Gasteiger partial charge in [-0.15, -0.1) is 0 Å². The van der Waals surface area contributed by atoms with Crippen LogP contribution in [0.1, 0.15) is 34.6 Å². The Morgan fingerprint density at radius 3 is 1.65 bits per heavy atom. The van der Waals surface area contributed by atoms with Gasteiger partial charge in [-0.25, -0.2) is 0 Å². The number of rotatable bonds is 2. The van der Waals surface area contributed by atoms with E-state index in [4.69, 9.17) is 5.11 Å². The maximum absolute atomic E-state index is 14.5. The first kappa shape index (κ1) is 15.5. The van der Waals surface area contributed by atoms with Crippen LogP contribution in [-0.2, 0) is 16.6 Å². The first-order valence-corrected chi connectivity index (χ1v) is 6.93. The third kappa shape index (κ3) is 2.20. The number of carbonyl (C=O) groups is 1. The zero-order valence-corrected chi connectivity index (χ0v) is 11.8. The minimum absolute atomic E-state index is 0.0791. The number of benzene rings is 2. The van der Waals surface area contributed by atoms with Gasteiger partial charge in [0.1, 0.15) is 0 Å². The average Bonchev–Trinajstić information content (AvgIpc) is 2.56. The molecular formula is C17H12F4O2. The zero-order valence-electron chi connectivity index (χ0n) is 11.8. The second-order valence-corrected chi connectivity index (χ2v) is 5.47. The molecule has 2 nitrogen and oxygen atoms in total. The molecule has 0 radical (unpaired) electrons. The Morgan fingerprint density at radius 1 is 0.870 bits per heavy atom. The second kappa shape index (κ2) is 5.08. The van der Waals surface area contributed by atoms with Crippen LogP contribution in [0, 0.1) is 0 Å². The molecule has 0 atom stereocenters. The van der Waals surface area contributed by atoms with Gasteiger partial charge in [-0.3, -0.25) is 4.79 Å². The molecule has 0 bridgehead atoms. The van der Waals surface area contributed by atoms with Gasteiger partial charge in [-0.2, -0.15) is 17.6 Å². The molecule has 23 heavy (non-hydrogen) atoms. The van der Waals surface area contributed by atoms with E-state index in [1.807, 2.05) is 0 Å². The summed E-state index contributed by atoms with van der Waals surface area (Å²) < 4.78 is 58.1. The lowest BCUT2D eigenvalue weighted by molar-refractivity contribution is -0.223. The number of carboxylic acid groups (broad SMARTS) is 1. The molecule has 3 rings (SSSR count). The number of aliphatic carboxylic acids is 1. The maximum atomic E-state index is 14.5. The zero-order chi connectivity index (χ0) is 16.8. The van der Waals surface area contributed by atoms with Gasteiger partial charge in [-0.05, 0) is 11.1 Å². The lowest BCUT2D eigenvalue weighted by atomic mass is 9.85. The van der Waals surface area contributed by atoms with Crippen LogP contribution in [0.5, 0.6) is 0 Å². The van der Waals surface area contributed by atoms with Gasteiger partial charge in [0, 0.05) is 17.0 Å². The molecule has 0 amide bonds. The molecule has 0 aromatic heterocycles. The Morgan fingerprint density at radius 2 is 1.26 bits per heavy atom. The van der Waals surface area contributed by atoms with Crippen LogP contribution in [-0.4, -0.2) is 11.1 Å². The molecule has 0 aliphatic heterocycles. The molecule has 0 unspecified atom stereocenters. The van der Waals surface area contributed by atoms with Gasteiger partial charge in [0.15, 0.2) is 0 Å². The van der Waals surface area contributed by atoms with E-state index >= 15 is 0 Å². The fourth-order valence-corrected chi connectivity index (χ4v) is 3.07. The lowest BCUT2D eigenvalue weighted by Crippen LogP contribution is -2.35. The van der Waals surface area contributed by atoms with E-state index in [1.54, 1.807) is 0 Å². The summed E-state index contributed by atoms with van der Waals surface area (Å²) >= 11 is 0. The number of fused-ring (bicyclic) bond motifs is 2. The van der Waals surface area contributed by atoms with E-state index in [0.717, 1.165) is 12.1 Å². The van der Waals surface area contributed by atoms with Gasteiger partial charge in [-0.1, -0.05) is 48.5 Å². The summed E-state index contributed by atoms with van der Waals surface area (Å²) in [5.41, 5.74) is -1.81. The van der Waals surface area contributed by atoms with Gasteiger partial charge in [0.2, 0.25) is 0 Å². The van der Waals surface area contributed by atoms with Gasteiger partial charge >= 0.3 is 17.8 Å². The van der Waals surface area contributed by atoms with E-state index in [-0.39, 0.29) is 11.1 Å². The number of hydrogen-bond acceptors (Lipinski definition) is 1. The van der Waals surface area contributed by atoms with Crippen molar-refractivity contribution in [1.82, 2.24) is 0 Å². The maximum Gasteiger partial charge on any atom is 0.340 e. The third-order valence-electron chi connectivity index (χ3n) is 4.12. The van der Waals surface area contributed by atoms with Crippen molar-refractivity contribution in [3.05, 3.63) is 70.8 Å². The number of alkyl halides is 4. The SMILES string of the molecule is O=C(O)CC1c2ccccc2C(F)(F)C(F)(F)c2ccccc21. The van der Waals surface area contributed by atoms with Crippen LogP contribution >= 0.6 is 0 Å². The highest BCUT2D eigenvalue weighted by atomic mass is 19.3. The quantitative estimate of drug-likeness (QED) is 0.827. The summed E-state index contributed by atoms with van der Waals surface area (Å²) in [6.07, 6.45) is -0.541. The molecule has 1 aliphatic rings. The molecule has 0 spiro atoms. The van der Waals surface area contributed by atoms with Crippen LogP contribution < -0.4 is 0 Å². The third-order valence-corrected chi connectivity index (χ3v) is 4.12. The number of hydrogen-bond donors (Lipinski definition) is 1. The van der Waals surface area contributed by atoms with Crippen LogP contribution in [0.3, 0.4) is 0 Å². The summed E-state index contributed by atoms with van der Waals surface area (Å²) in [7, 11) is 0. The van der Waals surface area contributed by atoms with Gasteiger partial charge in [0.05, 0.1) is 6.42 Å². The van der Waals surface area contributed by atoms with Crippen LogP contribution in [0.15, 0.2) is 48.5 Å². The summed E-state index contributed by atoms with van der Waals surface area (Å²) in [6, 6.07) is 9.82. The summed E-state index contributed by atoms with van der Waals surface area (Å²) in [5.74, 6) is -11.1. The second-order valence-electron chi connectivity index (χ2n) is 5.47. The van der Waals surface area contributed by atoms with Crippen molar-refractivity contribution < 1.29 is 27.5 Å². The summed E-state index contributed by atoms with van der Waals surface area (Å²) in [6.45, 7) is 0. The molecule has 2 aromatic carbocycles. The molecule has 1 aliphatic carbocycles. The van der Waals surface area contributed by atoms with Crippen molar-refractivity contribution in [1.29, 1.82) is 0 Å². The molecule has 0 heterocycles. The fraction of sp³-hybridized carbons (Fsp3) is 0.235. The first-order chi connectivity index (χ1) is 10.8. The summed E-state index contributed by atoms with van der Waals surface area (Å²) in [5, 5.41) is 9.09. The van der Waals surface area contributed by atoms with E-state index in [9.17, 15) is 22.4 Å². The molecule has 1 N–H and O–H groups in total. The molecule has 0 fully saturated rings. The highest BCUT2D eigenvalue weighted by Gasteiger charge is 2.62. The van der Waals surface area contributed by atoms with Crippen molar-refractivity contribution in [2.45, 2.75) is 24.2 Å². The largest absolute Gasteiger partial charge is 0.481 e. The Balaban J connectivity index is 2.38. The predicted octanol–water partition coefficient (Wildman–Crippen LogP) is 4.49. The molecular weight excluding hydrogens is 312 g/mol. The van der Waals surface area contributed by atoms with Crippen molar-refractivity contribution in [3.8, 4) is 0 Å². The van der Waals surface area contributed by atoms with E-state index < -0.39 is 41.3 Å². The van der Waals surface area contributed by atoms with Crippen LogP contribution in [0.4, 0.5) is 17.6 Å². The van der Waals surface area contributed by atoms with Crippen molar-refractivity contribution in [3.63, 3.8) is 0 Å². The summed E-state index contributed by atoms with van der Waals surface area (Å²) in [4.78, 5) is 11.1. The topological polar surface area (TPSA) is 37.3 Å². The highest BCUT2D eigenvalue weighted by Crippen LogP contribution is 2.56. The minimum Gasteiger partial charge on any atom is -0.481 e. The smallest absolute Gasteiger partial charge is 0.340 e. The fourth-order valence-electron chi connectivity index (χ4n) is 3.07. The Labute approximate surface area is 129 Å². The molecule has 6 heteroatoms. The molecule has 120 valence electrons. The van der Waals surface area contributed by atoms with E-state index in [1.165, 1.54) is 36.4 Å². The normalized spacial score (nSPS) is 18.6. The Bertz CT molecular complexity index is 713. The van der Waals surface area contributed by atoms with Crippen LogP contribution in [0.2, 0.25) is 0 Å². The Hall–Kier alpha value is -2.37. The average molecular weight is 324 g/mol. The van der Waals surface area contributed by atoms with Gasteiger partial charge < -0.3 is 5.11 Å². The lowest BCUT2D eigenvalue weighted by Gasteiger charge is -2.26. The monoisotopic (exact) mass is 324 g/mol. The minimum atomic E-state index is -4.42. The Kier molecular flexibility index (Phi) is 3.43. The molecule has 0 saturated carbocycles. The van der Waals surface area contributed by atoms with Gasteiger partial charge in [0.25, 0.3) is 0 Å². The number of halogens is 4. The van der Waals surface area contributed by atoms with E-state index in [0.29, 0.717) is 0 Å². The van der Waals surface area contributed by atoms with E-state index in [2.05, 4.69) is 0 Å². The predicted molar refractivity (Wildman–Crippen MR) is 74.8 cm³/mol. The standard InChI is InChI=1S/C17H12F4O2/c18-16(19)13-7-3-1-5-10(13)12(9-15(22)23)11-6-2-4-8-14(11)17(16,20)21/h1-8,12H,9H2,(H,22,23).